The minimum atomic E-state index is 0.619. The predicted molar refractivity (Wildman–Crippen MR) is 250 cm³/mol. The van der Waals surface area contributed by atoms with Crippen LogP contribution in [0.1, 0.15) is 0 Å². The number of hydrogen-bond donors (Lipinski definition) is 0. The zero-order chi connectivity index (χ0) is 39.8. The SMILES string of the molecule is c1ccc(-c2ccccc2-c2cccc(-c3nc(-c4ccc5c(-c6ccc7ccccc7c6)cccc5c4)nc(-c4cccc5cccc(-c6ccccc6)c45)n3)c2)cc1. The molecule has 60 heavy (non-hydrogen) atoms. The van der Waals surface area contributed by atoms with Crippen LogP contribution in [-0.4, -0.2) is 15.0 Å². The van der Waals surface area contributed by atoms with Gasteiger partial charge in [-0.1, -0.05) is 206 Å². The molecule has 11 rings (SSSR count). The van der Waals surface area contributed by atoms with Crippen LogP contribution in [0, 0.1) is 0 Å². The molecule has 280 valence electrons. The molecule has 0 aliphatic rings. The van der Waals surface area contributed by atoms with E-state index in [1.165, 1.54) is 38.4 Å². The molecule has 0 bridgehead atoms. The Bertz CT molecular complexity index is 3370. The molecule has 0 aliphatic heterocycles. The second-order valence-corrected chi connectivity index (χ2v) is 15.2. The van der Waals surface area contributed by atoms with Crippen LogP contribution >= 0.6 is 0 Å². The van der Waals surface area contributed by atoms with Gasteiger partial charge in [-0.05, 0) is 89.6 Å². The van der Waals surface area contributed by atoms with Crippen LogP contribution in [0.4, 0.5) is 0 Å². The van der Waals surface area contributed by atoms with Crippen molar-refractivity contribution in [2.24, 2.45) is 0 Å². The Hall–Kier alpha value is -8.01. The van der Waals surface area contributed by atoms with Crippen molar-refractivity contribution in [3.8, 4) is 78.7 Å². The Morgan fingerprint density at radius 1 is 0.217 bits per heavy atom. The zero-order valence-electron chi connectivity index (χ0n) is 32.7. The van der Waals surface area contributed by atoms with Gasteiger partial charge in [0.2, 0.25) is 0 Å². The van der Waals surface area contributed by atoms with Crippen molar-refractivity contribution in [2.75, 3.05) is 0 Å². The third kappa shape index (κ3) is 6.49. The van der Waals surface area contributed by atoms with E-state index in [1.807, 2.05) is 0 Å². The topological polar surface area (TPSA) is 38.7 Å². The lowest BCUT2D eigenvalue weighted by Crippen LogP contribution is -2.01. The molecule has 0 unspecified atom stereocenters. The van der Waals surface area contributed by atoms with Gasteiger partial charge in [-0.2, -0.15) is 0 Å². The van der Waals surface area contributed by atoms with Crippen LogP contribution in [-0.2, 0) is 0 Å². The molecule has 0 spiro atoms. The second kappa shape index (κ2) is 15.1. The number of hydrogen-bond acceptors (Lipinski definition) is 3. The predicted octanol–water partition coefficient (Wildman–Crippen LogP) is 15.0. The van der Waals surface area contributed by atoms with Crippen molar-refractivity contribution in [2.45, 2.75) is 0 Å². The molecule has 3 nitrogen and oxygen atoms in total. The molecule has 0 amide bonds. The summed E-state index contributed by atoms with van der Waals surface area (Å²) >= 11 is 0. The molecule has 0 saturated heterocycles. The van der Waals surface area contributed by atoms with Crippen LogP contribution in [0.3, 0.4) is 0 Å². The first-order chi connectivity index (χ1) is 29.7. The minimum Gasteiger partial charge on any atom is -0.208 e. The molecule has 1 aromatic heterocycles. The van der Waals surface area contributed by atoms with E-state index in [0.717, 1.165) is 55.1 Å². The van der Waals surface area contributed by atoms with E-state index in [0.29, 0.717) is 17.5 Å². The average Bonchev–Trinajstić information content (AvgIpc) is 3.33. The Morgan fingerprint density at radius 3 is 1.42 bits per heavy atom. The number of rotatable bonds is 7. The highest BCUT2D eigenvalue weighted by atomic mass is 15.0. The number of nitrogens with zero attached hydrogens (tertiary/aromatic N) is 3. The summed E-state index contributed by atoms with van der Waals surface area (Å²) in [5, 5.41) is 7.00. The molecular weight excluding hydrogens is 727 g/mol. The lowest BCUT2D eigenvalue weighted by Gasteiger charge is -2.15. The standard InChI is InChI=1S/C57H37N3/c1-3-16-39(17-4-1)48-26-9-10-27-49(48)43-23-11-25-46(36-43)55-58-56(60-57(59-55)53-30-13-22-41-21-12-29-52(54(41)53)40-18-5-2-6-19-40)47-33-34-51-44(37-47)24-14-28-50(51)45-32-31-38-15-7-8-20-42(38)35-45/h1-37H. The van der Waals surface area contributed by atoms with Gasteiger partial charge in [0.25, 0.3) is 0 Å². The van der Waals surface area contributed by atoms with Gasteiger partial charge in [-0.15, -0.1) is 0 Å². The van der Waals surface area contributed by atoms with Crippen molar-refractivity contribution in [1.29, 1.82) is 0 Å². The van der Waals surface area contributed by atoms with Crippen molar-refractivity contribution in [3.63, 3.8) is 0 Å². The summed E-state index contributed by atoms with van der Waals surface area (Å²) in [6, 6.07) is 79.5. The summed E-state index contributed by atoms with van der Waals surface area (Å²) in [5.41, 5.74) is 12.1. The highest BCUT2D eigenvalue weighted by Gasteiger charge is 2.18. The third-order valence-corrected chi connectivity index (χ3v) is 11.5. The van der Waals surface area contributed by atoms with Crippen LogP contribution < -0.4 is 0 Å². The maximum atomic E-state index is 5.32. The van der Waals surface area contributed by atoms with E-state index in [1.54, 1.807) is 0 Å². The van der Waals surface area contributed by atoms with E-state index < -0.39 is 0 Å². The first-order valence-electron chi connectivity index (χ1n) is 20.3. The Morgan fingerprint density at radius 2 is 0.667 bits per heavy atom. The minimum absolute atomic E-state index is 0.619. The van der Waals surface area contributed by atoms with Gasteiger partial charge in [0.15, 0.2) is 17.5 Å². The molecule has 0 N–H and O–H groups in total. The van der Waals surface area contributed by atoms with Crippen LogP contribution in [0.25, 0.3) is 111 Å². The average molecular weight is 764 g/mol. The smallest absolute Gasteiger partial charge is 0.164 e. The summed E-state index contributed by atoms with van der Waals surface area (Å²) in [4.78, 5) is 15.9. The molecule has 0 aliphatic carbocycles. The molecule has 0 radical (unpaired) electrons. The van der Waals surface area contributed by atoms with E-state index in [-0.39, 0.29) is 0 Å². The second-order valence-electron chi connectivity index (χ2n) is 15.2. The van der Waals surface area contributed by atoms with Crippen molar-refractivity contribution < 1.29 is 0 Å². The maximum Gasteiger partial charge on any atom is 0.164 e. The summed E-state index contributed by atoms with van der Waals surface area (Å²) in [7, 11) is 0. The van der Waals surface area contributed by atoms with Crippen LogP contribution in [0.5, 0.6) is 0 Å². The van der Waals surface area contributed by atoms with Gasteiger partial charge in [0.1, 0.15) is 0 Å². The Balaban J connectivity index is 1.10. The number of benzene rings is 10. The Labute approximate surface area is 349 Å². The van der Waals surface area contributed by atoms with E-state index in [2.05, 4.69) is 224 Å². The normalized spacial score (nSPS) is 11.3. The highest BCUT2D eigenvalue weighted by molar-refractivity contribution is 6.06. The van der Waals surface area contributed by atoms with Gasteiger partial charge in [-0.3, -0.25) is 0 Å². The summed E-state index contributed by atoms with van der Waals surface area (Å²) in [5.74, 6) is 1.87. The third-order valence-electron chi connectivity index (χ3n) is 11.5. The van der Waals surface area contributed by atoms with E-state index in [9.17, 15) is 0 Å². The largest absolute Gasteiger partial charge is 0.208 e. The first-order valence-corrected chi connectivity index (χ1v) is 20.3. The van der Waals surface area contributed by atoms with Crippen molar-refractivity contribution in [1.82, 2.24) is 15.0 Å². The Kier molecular flexibility index (Phi) is 8.83. The molecule has 0 atom stereocenters. The van der Waals surface area contributed by atoms with Crippen LogP contribution in [0.2, 0.25) is 0 Å². The van der Waals surface area contributed by atoms with Crippen molar-refractivity contribution in [3.05, 3.63) is 224 Å². The lowest BCUT2D eigenvalue weighted by atomic mass is 9.93. The summed E-state index contributed by atoms with van der Waals surface area (Å²) < 4.78 is 0. The summed E-state index contributed by atoms with van der Waals surface area (Å²) in [6.45, 7) is 0. The van der Waals surface area contributed by atoms with E-state index in [4.69, 9.17) is 15.0 Å². The van der Waals surface area contributed by atoms with Gasteiger partial charge in [-0.25, -0.2) is 15.0 Å². The lowest BCUT2D eigenvalue weighted by molar-refractivity contribution is 1.08. The molecule has 11 aromatic rings. The van der Waals surface area contributed by atoms with Crippen LogP contribution in [0.15, 0.2) is 224 Å². The molecule has 10 aromatic carbocycles. The fourth-order valence-electron chi connectivity index (χ4n) is 8.60. The fraction of sp³-hybridized carbons (Fsp3) is 0. The molecule has 0 saturated carbocycles. The van der Waals surface area contributed by atoms with Gasteiger partial charge in [0.05, 0.1) is 0 Å². The fourth-order valence-corrected chi connectivity index (χ4v) is 8.60. The first kappa shape index (κ1) is 35.2. The number of aromatic nitrogens is 3. The molecular formula is C57H37N3. The maximum absolute atomic E-state index is 5.32. The monoisotopic (exact) mass is 763 g/mol. The van der Waals surface area contributed by atoms with E-state index >= 15 is 0 Å². The van der Waals surface area contributed by atoms with Crippen molar-refractivity contribution >= 4 is 32.3 Å². The summed E-state index contributed by atoms with van der Waals surface area (Å²) in [6.07, 6.45) is 0. The van der Waals surface area contributed by atoms with Gasteiger partial charge in [0, 0.05) is 22.1 Å². The highest BCUT2D eigenvalue weighted by Crippen LogP contribution is 2.39. The van der Waals surface area contributed by atoms with Gasteiger partial charge >= 0.3 is 0 Å². The quantitative estimate of drug-likeness (QED) is 0.162. The number of fused-ring (bicyclic) bond motifs is 3. The molecule has 0 fully saturated rings. The van der Waals surface area contributed by atoms with Gasteiger partial charge < -0.3 is 0 Å². The molecule has 3 heteroatoms. The molecule has 1 heterocycles. The zero-order valence-corrected chi connectivity index (χ0v) is 32.7.